The van der Waals surface area contributed by atoms with E-state index in [0.717, 1.165) is 7.11 Å². The maximum atomic E-state index is 12.3. The van der Waals surface area contributed by atoms with Crippen LogP contribution in [0.4, 0.5) is 0 Å². The summed E-state index contributed by atoms with van der Waals surface area (Å²) in [5.74, 6) is -1.52. The molecular formula is C12H17NO6S2. The zero-order chi connectivity index (χ0) is 16.4. The third-order valence-corrected chi connectivity index (χ3v) is 5.96. The monoisotopic (exact) mass is 335 g/mol. The summed E-state index contributed by atoms with van der Waals surface area (Å²) in [6.07, 6.45) is 0. The fraction of sp³-hybridized carbons (Fsp3) is 0.500. The van der Waals surface area contributed by atoms with Crippen molar-refractivity contribution in [2.75, 3.05) is 14.2 Å². The number of sulfonamides is 1. The first kappa shape index (κ1) is 17.6. The van der Waals surface area contributed by atoms with Crippen molar-refractivity contribution >= 4 is 33.3 Å². The van der Waals surface area contributed by atoms with Crippen LogP contribution >= 0.6 is 11.3 Å². The molecule has 21 heavy (non-hydrogen) atoms. The van der Waals surface area contributed by atoms with Crippen LogP contribution in [0.3, 0.4) is 0 Å². The number of rotatable bonds is 5. The van der Waals surface area contributed by atoms with E-state index < -0.39 is 22.0 Å². The summed E-state index contributed by atoms with van der Waals surface area (Å²) in [6.45, 7) is 4.78. The van der Waals surface area contributed by atoms with Crippen LogP contribution in [0, 0.1) is 6.92 Å². The Kier molecular flexibility index (Phi) is 5.48. The minimum absolute atomic E-state index is 0.0574. The van der Waals surface area contributed by atoms with Gasteiger partial charge in [-0.1, -0.05) is 0 Å². The van der Waals surface area contributed by atoms with Gasteiger partial charge in [-0.05, 0) is 26.3 Å². The Hall–Kier alpha value is -1.45. The highest BCUT2D eigenvalue weighted by atomic mass is 32.2. The maximum absolute atomic E-state index is 12.3. The largest absolute Gasteiger partial charge is 0.465 e. The van der Waals surface area contributed by atoms with E-state index in [2.05, 4.69) is 14.2 Å². The first-order valence-electron chi connectivity index (χ1n) is 5.98. The molecule has 0 atom stereocenters. The minimum Gasteiger partial charge on any atom is -0.465 e. The predicted octanol–water partition coefficient (Wildman–Crippen LogP) is 1.32. The molecule has 9 heteroatoms. The van der Waals surface area contributed by atoms with Crippen molar-refractivity contribution < 1.29 is 27.5 Å². The molecule has 1 aromatic rings. The second-order valence-electron chi connectivity index (χ2n) is 4.48. The molecule has 0 amide bonds. The lowest BCUT2D eigenvalue weighted by Gasteiger charge is -2.09. The van der Waals surface area contributed by atoms with E-state index in [0.29, 0.717) is 11.3 Å². The van der Waals surface area contributed by atoms with Crippen molar-refractivity contribution in [3.63, 3.8) is 0 Å². The lowest BCUT2D eigenvalue weighted by atomic mass is 10.2. The van der Waals surface area contributed by atoms with E-state index in [1.807, 2.05) is 0 Å². The molecule has 7 nitrogen and oxygen atoms in total. The van der Waals surface area contributed by atoms with Crippen molar-refractivity contribution in [3.8, 4) is 0 Å². The van der Waals surface area contributed by atoms with Gasteiger partial charge < -0.3 is 9.47 Å². The predicted molar refractivity (Wildman–Crippen MR) is 77.2 cm³/mol. The van der Waals surface area contributed by atoms with Gasteiger partial charge in [-0.25, -0.2) is 22.7 Å². The molecule has 0 radical (unpaired) electrons. The molecule has 1 N–H and O–H groups in total. The molecule has 1 aromatic heterocycles. The standard InChI is InChI=1S/C12H17NO6S2/c1-6(2)13-21(16,17)12-8(10(14)18-4)7(3)9(20-12)11(15)19-5/h6,13H,1-5H3. The summed E-state index contributed by atoms with van der Waals surface area (Å²) in [6, 6.07) is -0.357. The second-order valence-corrected chi connectivity index (χ2v) is 7.41. The van der Waals surface area contributed by atoms with Gasteiger partial charge in [0.05, 0.1) is 19.8 Å². The number of methoxy groups -OCH3 is 2. The van der Waals surface area contributed by atoms with E-state index in [1.165, 1.54) is 14.0 Å². The van der Waals surface area contributed by atoms with E-state index in [1.54, 1.807) is 13.8 Å². The number of carbonyl (C=O) groups is 2. The number of carbonyl (C=O) groups excluding carboxylic acids is 2. The van der Waals surface area contributed by atoms with Crippen LogP contribution in [-0.4, -0.2) is 40.6 Å². The molecule has 0 aliphatic rings. The molecule has 0 saturated carbocycles. The maximum Gasteiger partial charge on any atom is 0.348 e. The summed E-state index contributed by atoms with van der Waals surface area (Å²) in [7, 11) is -1.61. The van der Waals surface area contributed by atoms with Gasteiger partial charge in [-0.2, -0.15) is 0 Å². The van der Waals surface area contributed by atoms with Gasteiger partial charge in [0.15, 0.2) is 4.21 Å². The highest BCUT2D eigenvalue weighted by Crippen LogP contribution is 2.33. The Morgan fingerprint density at radius 2 is 1.67 bits per heavy atom. The topological polar surface area (TPSA) is 98.8 Å². The summed E-state index contributed by atoms with van der Waals surface area (Å²) in [5, 5.41) is 0. The molecular weight excluding hydrogens is 318 g/mol. The molecule has 0 bridgehead atoms. The van der Waals surface area contributed by atoms with Crippen molar-refractivity contribution in [2.24, 2.45) is 0 Å². The molecule has 0 aliphatic carbocycles. The van der Waals surface area contributed by atoms with Gasteiger partial charge in [0.2, 0.25) is 0 Å². The molecule has 0 spiro atoms. The third-order valence-electron chi connectivity index (χ3n) is 2.51. The Morgan fingerprint density at radius 1 is 1.14 bits per heavy atom. The van der Waals surface area contributed by atoms with Crippen molar-refractivity contribution in [2.45, 2.75) is 31.0 Å². The quantitative estimate of drug-likeness (QED) is 0.815. The van der Waals surface area contributed by atoms with Gasteiger partial charge in [0.25, 0.3) is 10.0 Å². The van der Waals surface area contributed by atoms with Crippen LogP contribution in [0.1, 0.15) is 39.4 Å². The molecule has 0 aromatic carbocycles. The van der Waals surface area contributed by atoms with Crippen LogP contribution in [0.5, 0.6) is 0 Å². The summed E-state index contributed by atoms with van der Waals surface area (Å²) in [4.78, 5) is 23.6. The lowest BCUT2D eigenvalue weighted by molar-refractivity contribution is 0.0596. The number of hydrogen-bond acceptors (Lipinski definition) is 7. The molecule has 0 aliphatic heterocycles. The average molecular weight is 335 g/mol. The van der Waals surface area contributed by atoms with Crippen LogP contribution in [0.15, 0.2) is 4.21 Å². The van der Waals surface area contributed by atoms with Gasteiger partial charge in [0, 0.05) is 6.04 Å². The van der Waals surface area contributed by atoms with Crippen LogP contribution in [-0.2, 0) is 19.5 Å². The summed E-state index contributed by atoms with van der Waals surface area (Å²) >= 11 is 0.686. The van der Waals surface area contributed by atoms with E-state index >= 15 is 0 Å². The summed E-state index contributed by atoms with van der Waals surface area (Å²) < 4.78 is 35.9. The first-order chi connectivity index (χ1) is 9.65. The van der Waals surface area contributed by atoms with E-state index in [-0.39, 0.29) is 26.3 Å². The Morgan fingerprint density at radius 3 is 2.10 bits per heavy atom. The lowest BCUT2D eigenvalue weighted by Crippen LogP contribution is -2.30. The SMILES string of the molecule is COC(=O)c1sc(S(=O)(=O)NC(C)C)c(C(=O)OC)c1C. The van der Waals surface area contributed by atoms with Gasteiger partial charge in [-0.15, -0.1) is 11.3 Å². The molecule has 1 rings (SSSR count). The molecule has 0 fully saturated rings. The highest BCUT2D eigenvalue weighted by Gasteiger charge is 2.32. The average Bonchev–Trinajstić information content (AvgIpc) is 2.74. The molecule has 0 saturated heterocycles. The third kappa shape index (κ3) is 3.60. The zero-order valence-corrected chi connectivity index (χ0v) is 14.0. The molecule has 1 heterocycles. The van der Waals surface area contributed by atoms with Gasteiger partial charge in [0.1, 0.15) is 4.88 Å². The Bertz CT molecular complexity index is 660. The number of nitrogens with one attached hydrogen (secondary N) is 1. The number of esters is 2. The van der Waals surface area contributed by atoms with Crippen LogP contribution < -0.4 is 4.72 Å². The number of thiophene rings is 1. The van der Waals surface area contributed by atoms with E-state index in [4.69, 9.17) is 0 Å². The van der Waals surface area contributed by atoms with Gasteiger partial charge >= 0.3 is 11.9 Å². The fourth-order valence-electron chi connectivity index (χ4n) is 1.67. The fourth-order valence-corrected chi connectivity index (χ4v) is 4.68. The Balaban J connectivity index is 3.57. The normalized spacial score (nSPS) is 11.5. The van der Waals surface area contributed by atoms with Crippen LogP contribution in [0.2, 0.25) is 0 Å². The second kappa shape index (κ2) is 6.54. The van der Waals surface area contributed by atoms with Gasteiger partial charge in [-0.3, -0.25) is 0 Å². The van der Waals surface area contributed by atoms with E-state index in [9.17, 15) is 18.0 Å². The number of ether oxygens (including phenoxy) is 2. The van der Waals surface area contributed by atoms with Crippen molar-refractivity contribution in [1.29, 1.82) is 0 Å². The smallest absolute Gasteiger partial charge is 0.348 e. The van der Waals surface area contributed by atoms with Crippen molar-refractivity contribution in [3.05, 3.63) is 16.0 Å². The minimum atomic E-state index is -3.93. The highest BCUT2D eigenvalue weighted by molar-refractivity contribution is 7.91. The first-order valence-corrected chi connectivity index (χ1v) is 8.28. The zero-order valence-electron chi connectivity index (χ0n) is 12.3. The summed E-state index contributed by atoms with van der Waals surface area (Å²) in [5.41, 5.74) is 0.0823. The number of hydrogen-bond donors (Lipinski definition) is 1. The van der Waals surface area contributed by atoms with Crippen LogP contribution in [0.25, 0.3) is 0 Å². The molecule has 118 valence electrons. The molecule has 0 unspecified atom stereocenters. The van der Waals surface area contributed by atoms with Crippen molar-refractivity contribution in [1.82, 2.24) is 4.72 Å². The Labute approximate surface area is 127 Å².